The van der Waals surface area contributed by atoms with Crippen LogP contribution in [-0.4, -0.2) is 0 Å². The van der Waals surface area contributed by atoms with Gasteiger partial charge in [0.25, 0.3) is 0 Å². The minimum Gasteiger partial charge on any atom is -0.321 e. The number of halogens is 2. The summed E-state index contributed by atoms with van der Waals surface area (Å²) in [6.45, 7) is 2.03. The standard InChI is InChI=1S/C11H13ClFN/c1-7-5-6-11(7,14)10-8(12)3-2-4-9(10)13/h2-4,7H,5-6,14H2,1H3. The van der Waals surface area contributed by atoms with Crippen LogP contribution < -0.4 is 5.73 Å². The Morgan fingerprint density at radius 2 is 2.29 bits per heavy atom. The van der Waals surface area contributed by atoms with E-state index in [2.05, 4.69) is 0 Å². The van der Waals surface area contributed by atoms with Gasteiger partial charge in [0.15, 0.2) is 0 Å². The van der Waals surface area contributed by atoms with E-state index < -0.39 is 5.54 Å². The van der Waals surface area contributed by atoms with Crippen molar-refractivity contribution in [3.8, 4) is 0 Å². The van der Waals surface area contributed by atoms with Gasteiger partial charge in [-0.25, -0.2) is 4.39 Å². The third kappa shape index (κ3) is 1.25. The molecule has 1 saturated carbocycles. The van der Waals surface area contributed by atoms with E-state index in [4.69, 9.17) is 17.3 Å². The van der Waals surface area contributed by atoms with Crippen LogP contribution in [0.25, 0.3) is 0 Å². The molecule has 1 aliphatic rings. The molecule has 2 rings (SSSR count). The summed E-state index contributed by atoms with van der Waals surface area (Å²) in [5, 5.41) is 0.444. The van der Waals surface area contributed by atoms with Crippen LogP contribution in [0.5, 0.6) is 0 Å². The number of rotatable bonds is 1. The highest BCUT2D eigenvalue weighted by atomic mass is 35.5. The van der Waals surface area contributed by atoms with Crippen LogP contribution in [0.3, 0.4) is 0 Å². The molecule has 0 saturated heterocycles. The first kappa shape index (κ1) is 9.94. The van der Waals surface area contributed by atoms with Gasteiger partial charge < -0.3 is 5.73 Å². The highest BCUT2D eigenvalue weighted by Gasteiger charge is 2.44. The summed E-state index contributed by atoms with van der Waals surface area (Å²) in [6.07, 6.45) is 1.86. The van der Waals surface area contributed by atoms with Gasteiger partial charge in [-0.1, -0.05) is 24.6 Å². The van der Waals surface area contributed by atoms with E-state index in [0.29, 0.717) is 16.5 Å². The minimum absolute atomic E-state index is 0.286. The molecule has 1 nitrogen and oxygen atoms in total. The van der Waals surface area contributed by atoms with Gasteiger partial charge in [0.2, 0.25) is 0 Å². The number of hydrogen-bond donors (Lipinski definition) is 1. The van der Waals surface area contributed by atoms with Crippen molar-refractivity contribution in [2.45, 2.75) is 25.3 Å². The van der Waals surface area contributed by atoms with Crippen molar-refractivity contribution in [2.24, 2.45) is 11.7 Å². The summed E-state index contributed by atoms with van der Waals surface area (Å²) in [5.41, 5.74) is 6.08. The molecular weight excluding hydrogens is 201 g/mol. The summed E-state index contributed by atoms with van der Waals surface area (Å²) in [6, 6.07) is 4.72. The Labute approximate surface area is 88.1 Å². The molecule has 0 aromatic heterocycles. The van der Waals surface area contributed by atoms with E-state index in [0.717, 1.165) is 12.8 Å². The number of nitrogens with two attached hydrogens (primary N) is 1. The van der Waals surface area contributed by atoms with E-state index in [9.17, 15) is 4.39 Å². The van der Waals surface area contributed by atoms with Gasteiger partial charge in [0, 0.05) is 16.1 Å². The molecule has 1 aromatic carbocycles. The zero-order chi connectivity index (χ0) is 10.3. The van der Waals surface area contributed by atoms with E-state index in [1.54, 1.807) is 12.1 Å². The predicted octanol–water partition coefficient (Wildman–Crippen LogP) is 3.06. The van der Waals surface area contributed by atoms with Crippen molar-refractivity contribution < 1.29 is 4.39 Å². The van der Waals surface area contributed by atoms with Crippen molar-refractivity contribution >= 4 is 11.6 Å². The largest absolute Gasteiger partial charge is 0.321 e. The minimum atomic E-state index is -0.553. The topological polar surface area (TPSA) is 26.0 Å². The van der Waals surface area contributed by atoms with Crippen LogP contribution in [0.4, 0.5) is 4.39 Å². The third-order valence-corrected chi connectivity index (χ3v) is 3.61. The quantitative estimate of drug-likeness (QED) is 0.763. The van der Waals surface area contributed by atoms with Gasteiger partial charge in [0.05, 0.1) is 0 Å². The Hall–Kier alpha value is -0.600. The summed E-state index contributed by atoms with van der Waals surface area (Å²) >= 11 is 5.97. The molecule has 76 valence electrons. The van der Waals surface area contributed by atoms with Crippen LogP contribution in [-0.2, 0) is 5.54 Å². The fraction of sp³-hybridized carbons (Fsp3) is 0.455. The maximum atomic E-state index is 13.6. The first-order valence-corrected chi connectivity index (χ1v) is 5.17. The lowest BCUT2D eigenvalue weighted by Crippen LogP contribution is -2.51. The van der Waals surface area contributed by atoms with Gasteiger partial charge in [0.1, 0.15) is 5.82 Å². The van der Waals surface area contributed by atoms with Crippen molar-refractivity contribution in [3.63, 3.8) is 0 Å². The second kappa shape index (κ2) is 3.21. The molecule has 0 heterocycles. The summed E-state index contributed by atoms with van der Waals surface area (Å²) in [4.78, 5) is 0. The average Bonchev–Trinajstić information content (AvgIpc) is 2.15. The molecule has 0 radical (unpaired) electrons. The van der Waals surface area contributed by atoms with E-state index in [-0.39, 0.29) is 5.82 Å². The zero-order valence-corrected chi connectivity index (χ0v) is 8.81. The lowest BCUT2D eigenvalue weighted by atomic mass is 9.64. The summed E-state index contributed by atoms with van der Waals surface area (Å²) in [7, 11) is 0. The maximum absolute atomic E-state index is 13.6. The normalized spacial score (nSPS) is 31.3. The van der Waals surface area contributed by atoms with Crippen LogP contribution in [0.1, 0.15) is 25.3 Å². The summed E-state index contributed by atoms with van der Waals surface area (Å²) < 4.78 is 13.6. The average molecular weight is 214 g/mol. The molecule has 3 heteroatoms. The molecule has 1 fully saturated rings. The Balaban J connectivity index is 2.50. The van der Waals surface area contributed by atoms with Crippen LogP contribution >= 0.6 is 11.6 Å². The van der Waals surface area contributed by atoms with E-state index >= 15 is 0 Å². The van der Waals surface area contributed by atoms with Gasteiger partial charge >= 0.3 is 0 Å². The van der Waals surface area contributed by atoms with Crippen molar-refractivity contribution in [2.75, 3.05) is 0 Å². The Morgan fingerprint density at radius 3 is 2.71 bits per heavy atom. The maximum Gasteiger partial charge on any atom is 0.129 e. The molecule has 2 unspecified atom stereocenters. The number of hydrogen-bond acceptors (Lipinski definition) is 1. The molecular formula is C11H13ClFN. The van der Waals surface area contributed by atoms with Gasteiger partial charge in [-0.2, -0.15) is 0 Å². The second-order valence-electron chi connectivity index (χ2n) is 4.08. The van der Waals surface area contributed by atoms with E-state index in [1.807, 2.05) is 6.92 Å². The van der Waals surface area contributed by atoms with Crippen molar-refractivity contribution in [1.82, 2.24) is 0 Å². The Morgan fingerprint density at radius 1 is 1.57 bits per heavy atom. The molecule has 1 aromatic rings. The highest BCUT2D eigenvalue weighted by Crippen LogP contribution is 2.47. The van der Waals surface area contributed by atoms with Crippen LogP contribution in [0.15, 0.2) is 18.2 Å². The molecule has 2 atom stereocenters. The second-order valence-corrected chi connectivity index (χ2v) is 4.48. The molecule has 0 amide bonds. The Kier molecular flexibility index (Phi) is 2.28. The monoisotopic (exact) mass is 213 g/mol. The van der Waals surface area contributed by atoms with Crippen molar-refractivity contribution in [1.29, 1.82) is 0 Å². The third-order valence-electron chi connectivity index (χ3n) is 3.30. The SMILES string of the molecule is CC1CCC1(N)c1c(F)cccc1Cl. The van der Waals surface area contributed by atoms with Crippen LogP contribution in [0.2, 0.25) is 5.02 Å². The van der Waals surface area contributed by atoms with Gasteiger partial charge in [-0.05, 0) is 30.9 Å². The predicted molar refractivity (Wildman–Crippen MR) is 55.7 cm³/mol. The number of benzene rings is 1. The molecule has 0 aliphatic heterocycles. The zero-order valence-electron chi connectivity index (χ0n) is 8.06. The summed E-state index contributed by atoms with van der Waals surface area (Å²) in [5.74, 6) is 0.0171. The first-order valence-electron chi connectivity index (χ1n) is 4.79. The lowest BCUT2D eigenvalue weighted by molar-refractivity contribution is 0.140. The first-order chi connectivity index (χ1) is 6.55. The molecule has 14 heavy (non-hydrogen) atoms. The fourth-order valence-corrected chi connectivity index (χ4v) is 2.40. The fourth-order valence-electron chi connectivity index (χ4n) is 2.06. The Bertz CT molecular complexity index is 346. The van der Waals surface area contributed by atoms with Crippen molar-refractivity contribution in [3.05, 3.63) is 34.6 Å². The van der Waals surface area contributed by atoms with Crippen LogP contribution in [0, 0.1) is 11.7 Å². The van der Waals surface area contributed by atoms with Gasteiger partial charge in [-0.3, -0.25) is 0 Å². The lowest BCUT2D eigenvalue weighted by Gasteiger charge is -2.46. The molecule has 1 aliphatic carbocycles. The smallest absolute Gasteiger partial charge is 0.129 e. The van der Waals surface area contributed by atoms with E-state index in [1.165, 1.54) is 6.07 Å². The molecule has 0 spiro atoms. The highest BCUT2D eigenvalue weighted by molar-refractivity contribution is 6.31. The molecule has 2 N–H and O–H groups in total. The van der Waals surface area contributed by atoms with Gasteiger partial charge in [-0.15, -0.1) is 0 Å². The molecule has 0 bridgehead atoms.